The summed E-state index contributed by atoms with van der Waals surface area (Å²) < 4.78 is 40.1. The number of aromatic nitrogens is 2. The molecule has 0 amide bonds. The van der Waals surface area contributed by atoms with Gasteiger partial charge in [0.2, 0.25) is 11.6 Å². The summed E-state index contributed by atoms with van der Waals surface area (Å²) in [5, 5.41) is 0.464. The first-order chi connectivity index (χ1) is 21.8. The number of thiazole rings is 2. The van der Waals surface area contributed by atoms with E-state index in [4.69, 9.17) is 6.42 Å². The van der Waals surface area contributed by atoms with Gasteiger partial charge in [0, 0.05) is 44.2 Å². The van der Waals surface area contributed by atoms with Gasteiger partial charge in [-0.1, -0.05) is 98.0 Å². The Morgan fingerprint density at radius 3 is 2.26 bits per heavy atom. The van der Waals surface area contributed by atoms with Crippen LogP contribution < -0.4 is 24.2 Å². The molecule has 1 aliphatic rings. The molecule has 7 nitrogen and oxygen atoms in total. The fraction of sp³-hybridized carbons (Fsp3) is 0.111. The molecule has 0 saturated heterocycles. The van der Waals surface area contributed by atoms with Gasteiger partial charge in [-0.25, -0.2) is 13.0 Å². The summed E-state index contributed by atoms with van der Waals surface area (Å²) in [4.78, 5) is 16.4. The summed E-state index contributed by atoms with van der Waals surface area (Å²) in [6, 6.07) is 29.4. The van der Waals surface area contributed by atoms with Crippen molar-refractivity contribution < 1.29 is 26.1 Å². The highest BCUT2D eigenvalue weighted by atomic mass is 32.2. The maximum atomic E-state index is 13.4. The summed E-state index contributed by atoms with van der Waals surface area (Å²) in [7, 11) is -4.69. The SMILES string of the molecule is C.C#Cn1c(=Cc2sc(-c3ccccc3)c(-c3ccccc3)[n+]2CS(=O)(=O)[O-])sc(=C/C=C2\C=CN(CC)c3ccccc32)c1=O.[HH].[HH].[HH].[HH].[HH].[HH]. The van der Waals surface area contributed by atoms with E-state index < -0.39 is 16.0 Å². The van der Waals surface area contributed by atoms with Crippen LogP contribution in [0.2, 0.25) is 0 Å². The van der Waals surface area contributed by atoms with Gasteiger partial charge >= 0.3 is 0 Å². The minimum Gasteiger partial charge on any atom is -0.743 e. The number of fused-ring (bicyclic) bond motifs is 1. The predicted molar refractivity (Wildman–Crippen MR) is 201 cm³/mol. The van der Waals surface area contributed by atoms with Crippen LogP contribution in [0.5, 0.6) is 0 Å². The maximum Gasteiger partial charge on any atom is 0.280 e. The van der Waals surface area contributed by atoms with E-state index in [1.165, 1.54) is 31.8 Å². The van der Waals surface area contributed by atoms with Gasteiger partial charge in [-0.15, -0.1) is 11.3 Å². The first-order valence-electron chi connectivity index (χ1n) is 14.0. The molecule has 2 aromatic heterocycles. The van der Waals surface area contributed by atoms with Crippen LogP contribution in [0.25, 0.3) is 39.4 Å². The van der Waals surface area contributed by atoms with E-state index in [0.29, 0.717) is 19.9 Å². The molecule has 5 aromatic rings. The molecule has 0 fully saturated rings. The van der Waals surface area contributed by atoms with Crippen molar-refractivity contribution in [3.63, 3.8) is 0 Å². The van der Waals surface area contributed by atoms with Gasteiger partial charge in [-0.3, -0.25) is 4.79 Å². The number of hydrogen-bond acceptors (Lipinski definition) is 7. The number of benzene rings is 3. The molecule has 3 aromatic carbocycles. The average molecular weight is 678 g/mol. The lowest BCUT2D eigenvalue weighted by molar-refractivity contribution is -0.663. The van der Waals surface area contributed by atoms with E-state index in [-0.39, 0.29) is 21.5 Å². The fourth-order valence-corrected chi connectivity index (χ4v) is 8.14. The smallest absolute Gasteiger partial charge is 0.280 e. The Hall–Kier alpha value is -4.79. The summed E-state index contributed by atoms with van der Waals surface area (Å²) in [6.07, 6.45) is 15.2. The van der Waals surface area contributed by atoms with E-state index in [1.54, 1.807) is 12.2 Å². The number of hydrogen-bond donors (Lipinski definition) is 0. The molecule has 1 aliphatic heterocycles. The number of rotatable bonds is 7. The second-order valence-electron chi connectivity index (χ2n) is 10.1. The molecule has 10 heteroatoms. The zero-order valence-corrected chi connectivity index (χ0v) is 26.6. The highest BCUT2D eigenvalue weighted by molar-refractivity contribution is 7.84. The van der Waals surface area contributed by atoms with Crippen molar-refractivity contribution in [2.75, 3.05) is 11.4 Å². The summed E-state index contributed by atoms with van der Waals surface area (Å²) in [5.41, 5.74) is 4.93. The second kappa shape index (κ2) is 13.7. The first kappa shape index (κ1) is 32.6. The lowest BCUT2D eigenvalue weighted by Crippen LogP contribution is -2.41. The van der Waals surface area contributed by atoms with Crippen LogP contribution in [-0.4, -0.2) is 24.1 Å². The first-order valence-corrected chi connectivity index (χ1v) is 17.3. The van der Waals surface area contributed by atoms with Gasteiger partial charge in [0.15, 0.2) is 10.1 Å². The Balaban J connectivity index is 0. The molecule has 3 heterocycles. The zero-order chi connectivity index (χ0) is 31.6. The molecule has 0 radical (unpaired) electrons. The topological polar surface area (TPSA) is 86.3 Å². The molecule has 0 spiro atoms. The number of nitrogens with zero attached hydrogens (tertiary/aromatic N) is 3. The molecule has 0 aliphatic carbocycles. The largest absolute Gasteiger partial charge is 0.743 e. The van der Waals surface area contributed by atoms with Crippen molar-refractivity contribution in [3.05, 3.63) is 133 Å². The molecular weight excluding hydrogens is 635 g/mol. The van der Waals surface area contributed by atoms with Crippen molar-refractivity contribution in [3.8, 4) is 34.2 Å². The Morgan fingerprint density at radius 1 is 0.957 bits per heavy atom. The third-order valence-electron chi connectivity index (χ3n) is 7.27. The van der Waals surface area contributed by atoms with E-state index in [1.807, 2.05) is 97.2 Å². The molecule has 0 saturated carbocycles. The maximum absolute atomic E-state index is 13.4. The lowest BCUT2D eigenvalue weighted by atomic mass is 9.99. The fourth-order valence-electron chi connectivity index (χ4n) is 5.24. The minimum absolute atomic E-state index is 0. The Bertz CT molecular complexity index is 2320. The van der Waals surface area contributed by atoms with Crippen LogP contribution in [0.1, 0.15) is 33.5 Å². The standard InChI is InChI=1S/C35H27N3O4S3.CH4.6H2/c1-3-36-22-21-25(28-17-11-12-18-29(28)36)19-20-30-35(39)37(4-2)31(43-30)23-32-38(24-45(40,41)42)33(26-13-7-5-8-14-26)34(44-32)27-15-9-6-10-16-27;;;;;;;/h2,5-23H,3,24H2,1H3;1H4;6*1H/b25-19+,30-20?;;;;;;;. The highest BCUT2D eigenvalue weighted by Crippen LogP contribution is 2.36. The van der Waals surface area contributed by atoms with Crippen LogP contribution >= 0.6 is 22.7 Å². The van der Waals surface area contributed by atoms with E-state index in [2.05, 4.69) is 23.9 Å². The van der Waals surface area contributed by atoms with Crippen LogP contribution in [0, 0.1) is 12.5 Å². The molecule has 0 unspecified atom stereocenters. The third-order valence-corrected chi connectivity index (χ3v) is 10.1. The molecule has 46 heavy (non-hydrogen) atoms. The molecule has 6 rings (SSSR count). The van der Waals surface area contributed by atoms with Gasteiger partial charge in [-0.05, 0) is 48.4 Å². The summed E-state index contributed by atoms with van der Waals surface area (Å²) in [6.45, 7) is 2.92. The monoisotopic (exact) mass is 677 g/mol. The summed E-state index contributed by atoms with van der Waals surface area (Å²) in [5.74, 6) is -0.788. The Morgan fingerprint density at radius 2 is 1.61 bits per heavy atom. The average Bonchev–Trinajstić information content (AvgIpc) is 3.55. The Kier molecular flexibility index (Phi) is 9.70. The van der Waals surface area contributed by atoms with Crippen LogP contribution in [0.3, 0.4) is 0 Å². The normalized spacial score (nSPS) is 14.3. The Labute approximate surface area is 285 Å². The number of anilines is 1. The van der Waals surface area contributed by atoms with Gasteiger partial charge < -0.3 is 9.45 Å². The number of allylic oxidation sites excluding steroid dienone is 3. The van der Waals surface area contributed by atoms with Crippen molar-refractivity contribution in [1.29, 1.82) is 0 Å². The number of terminal acetylenes is 1. The van der Waals surface area contributed by atoms with Crippen LogP contribution in [-0.2, 0) is 16.0 Å². The van der Waals surface area contributed by atoms with Crippen molar-refractivity contribution in [2.45, 2.75) is 20.2 Å². The van der Waals surface area contributed by atoms with Crippen molar-refractivity contribution >= 4 is 56.2 Å². The van der Waals surface area contributed by atoms with Gasteiger partial charge in [0.25, 0.3) is 10.6 Å². The zero-order valence-electron chi connectivity index (χ0n) is 24.2. The van der Waals surface area contributed by atoms with E-state index in [9.17, 15) is 17.8 Å². The molecule has 0 bridgehead atoms. The summed E-state index contributed by atoms with van der Waals surface area (Å²) >= 11 is 2.52. The van der Waals surface area contributed by atoms with Crippen molar-refractivity contribution in [1.82, 2.24) is 4.57 Å². The quantitative estimate of drug-likeness (QED) is 0.109. The number of para-hydroxylation sites is 1. The van der Waals surface area contributed by atoms with Gasteiger partial charge in [0.05, 0.1) is 10.6 Å². The third kappa shape index (κ3) is 6.59. The van der Waals surface area contributed by atoms with Gasteiger partial charge in [0.1, 0.15) is 9.54 Å². The van der Waals surface area contributed by atoms with Gasteiger partial charge in [-0.2, -0.15) is 4.57 Å². The lowest BCUT2D eigenvalue weighted by Gasteiger charge is -2.26. The van der Waals surface area contributed by atoms with E-state index >= 15 is 0 Å². The van der Waals surface area contributed by atoms with Crippen LogP contribution in [0.4, 0.5) is 5.69 Å². The second-order valence-corrected chi connectivity index (χ2v) is 13.6. The molecular formula is C36H43N3O4S3. The molecule has 0 N–H and O–H groups in total. The molecule has 0 atom stereocenters. The minimum atomic E-state index is -4.69. The van der Waals surface area contributed by atoms with Crippen molar-refractivity contribution in [2.24, 2.45) is 0 Å². The molecule has 244 valence electrons. The van der Waals surface area contributed by atoms with Crippen LogP contribution in [0.15, 0.2) is 108 Å². The van der Waals surface area contributed by atoms with E-state index in [0.717, 1.165) is 39.4 Å². The highest BCUT2D eigenvalue weighted by Gasteiger charge is 2.29. The predicted octanol–water partition coefficient (Wildman–Crippen LogP) is 6.69.